The predicted octanol–water partition coefficient (Wildman–Crippen LogP) is 0.828. The molecule has 0 aliphatic heterocycles. The standard InChI is InChI=1S/C10H20N2O2S2/c1-16(13,14)8-7-11-10(15)12-9-5-3-2-4-6-9/h9H,2-8H2,1H3,(H2,11,12,15). The Hall–Kier alpha value is -0.360. The molecule has 0 aromatic carbocycles. The molecule has 0 heterocycles. The number of rotatable bonds is 4. The zero-order valence-corrected chi connectivity index (χ0v) is 11.3. The molecular weight excluding hydrogens is 244 g/mol. The third-order valence-corrected chi connectivity index (χ3v) is 3.91. The van der Waals surface area contributed by atoms with E-state index in [1.165, 1.54) is 25.5 Å². The molecule has 0 unspecified atom stereocenters. The van der Waals surface area contributed by atoms with E-state index in [-0.39, 0.29) is 5.75 Å². The number of hydrogen-bond donors (Lipinski definition) is 2. The Balaban J connectivity index is 2.15. The highest BCUT2D eigenvalue weighted by Crippen LogP contribution is 2.17. The van der Waals surface area contributed by atoms with Gasteiger partial charge in [0.2, 0.25) is 0 Å². The molecule has 0 atom stereocenters. The van der Waals surface area contributed by atoms with Crippen molar-refractivity contribution in [2.45, 2.75) is 38.1 Å². The number of thiocarbonyl (C=S) groups is 1. The molecule has 4 nitrogen and oxygen atoms in total. The van der Waals surface area contributed by atoms with Crippen molar-refractivity contribution >= 4 is 27.2 Å². The second kappa shape index (κ2) is 6.39. The summed E-state index contributed by atoms with van der Waals surface area (Å²) in [6.45, 7) is 0.386. The van der Waals surface area contributed by atoms with Crippen molar-refractivity contribution in [3.63, 3.8) is 0 Å². The van der Waals surface area contributed by atoms with Crippen LogP contribution in [0.15, 0.2) is 0 Å². The Morgan fingerprint density at radius 2 is 1.94 bits per heavy atom. The minimum Gasteiger partial charge on any atom is -0.362 e. The van der Waals surface area contributed by atoms with E-state index < -0.39 is 9.84 Å². The number of nitrogens with one attached hydrogen (secondary N) is 2. The quantitative estimate of drug-likeness (QED) is 0.737. The Bertz CT molecular complexity index is 322. The first-order chi connectivity index (χ1) is 7.47. The van der Waals surface area contributed by atoms with Gasteiger partial charge in [-0.15, -0.1) is 0 Å². The molecule has 0 bridgehead atoms. The number of sulfone groups is 1. The maximum Gasteiger partial charge on any atom is 0.166 e. The van der Waals surface area contributed by atoms with Gasteiger partial charge in [0.15, 0.2) is 5.11 Å². The maximum atomic E-state index is 10.9. The van der Waals surface area contributed by atoms with Crippen LogP contribution < -0.4 is 10.6 Å². The first-order valence-electron chi connectivity index (χ1n) is 5.69. The van der Waals surface area contributed by atoms with E-state index in [0.717, 1.165) is 12.8 Å². The lowest BCUT2D eigenvalue weighted by Crippen LogP contribution is -2.43. The van der Waals surface area contributed by atoms with Crippen LogP contribution in [0.25, 0.3) is 0 Å². The normalized spacial score (nSPS) is 18.1. The summed E-state index contributed by atoms with van der Waals surface area (Å²) in [7, 11) is -2.90. The molecule has 0 spiro atoms. The first kappa shape index (κ1) is 13.7. The fourth-order valence-electron chi connectivity index (χ4n) is 1.83. The van der Waals surface area contributed by atoms with Gasteiger partial charge >= 0.3 is 0 Å². The molecule has 1 saturated carbocycles. The van der Waals surface area contributed by atoms with E-state index in [9.17, 15) is 8.42 Å². The van der Waals surface area contributed by atoms with Crippen molar-refractivity contribution in [2.75, 3.05) is 18.6 Å². The van der Waals surface area contributed by atoms with Crippen molar-refractivity contribution in [1.29, 1.82) is 0 Å². The van der Waals surface area contributed by atoms with Gasteiger partial charge in [-0.2, -0.15) is 0 Å². The van der Waals surface area contributed by atoms with Gasteiger partial charge in [0.1, 0.15) is 9.84 Å². The molecule has 1 rings (SSSR count). The molecule has 6 heteroatoms. The maximum absolute atomic E-state index is 10.9. The number of hydrogen-bond acceptors (Lipinski definition) is 3. The Morgan fingerprint density at radius 1 is 1.31 bits per heavy atom. The van der Waals surface area contributed by atoms with E-state index in [0.29, 0.717) is 17.7 Å². The van der Waals surface area contributed by atoms with Crippen LogP contribution in [0, 0.1) is 0 Å². The average molecular weight is 264 g/mol. The molecule has 94 valence electrons. The van der Waals surface area contributed by atoms with Crippen molar-refractivity contribution in [2.24, 2.45) is 0 Å². The van der Waals surface area contributed by atoms with Crippen LogP contribution in [0.4, 0.5) is 0 Å². The van der Waals surface area contributed by atoms with Gasteiger partial charge in [-0.25, -0.2) is 8.42 Å². The molecule has 16 heavy (non-hydrogen) atoms. The summed E-state index contributed by atoms with van der Waals surface area (Å²) in [4.78, 5) is 0. The van der Waals surface area contributed by atoms with E-state index in [2.05, 4.69) is 10.6 Å². The molecule has 0 aromatic heterocycles. The van der Waals surface area contributed by atoms with Crippen molar-refractivity contribution in [3.05, 3.63) is 0 Å². The van der Waals surface area contributed by atoms with E-state index in [1.54, 1.807) is 0 Å². The molecule has 1 aliphatic carbocycles. The molecule has 0 saturated heterocycles. The summed E-state index contributed by atoms with van der Waals surface area (Å²) >= 11 is 5.11. The van der Waals surface area contributed by atoms with Gasteiger partial charge < -0.3 is 10.6 Å². The molecule has 0 amide bonds. The summed E-state index contributed by atoms with van der Waals surface area (Å²) in [6, 6.07) is 0.465. The minimum absolute atomic E-state index is 0.124. The van der Waals surface area contributed by atoms with E-state index >= 15 is 0 Å². The SMILES string of the molecule is CS(=O)(=O)CCNC(=S)NC1CCCCC1. The van der Waals surface area contributed by atoms with Crippen LogP contribution in [0.1, 0.15) is 32.1 Å². The summed E-state index contributed by atoms with van der Waals surface area (Å²) in [6.07, 6.45) is 7.37. The lowest BCUT2D eigenvalue weighted by Gasteiger charge is -2.24. The zero-order chi connectivity index (χ0) is 12.0. The fraction of sp³-hybridized carbons (Fsp3) is 0.900. The van der Waals surface area contributed by atoms with Crippen molar-refractivity contribution < 1.29 is 8.42 Å². The van der Waals surface area contributed by atoms with Crippen molar-refractivity contribution in [1.82, 2.24) is 10.6 Å². The van der Waals surface area contributed by atoms with E-state index in [4.69, 9.17) is 12.2 Å². The first-order valence-corrected chi connectivity index (χ1v) is 8.16. The summed E-state index contributed by atoms with van der Waals surface area (Å²) in [5.41, 5.74) is 0. The van der Waals surface area contributed by atoms with Crippen LogP contribution in [0.5, 0.6) is 0 Å². The summed E-state index contributed by atoms with van der Waals surface area (Å²) < 4.78 is 21.8. The lowest BCUT2D eigenvalue weighted by atomic mass is 9.96. The van der Waals surface area contributed by atoms with Crippen LogP contribution in [-0.2, 0) is 9.84 Å². The fourth-order valence-corrected chi connectivity index (χ4v) is 2.57. The molecule has 1 aliphatic rings. The second-order valence-electron chi connectivity index (χ2n) is 4.37. The largest absolute Gasteiger partial charge is 0.362 e. The van der Waals surface area contributed by atoms with E-state index in [1.807, 2.05) is 0 Å². The van der Waals surface area contributed by atoms with Gasteiger partial charge in [-0.3, -0.25) is 0 Å². The predicted molar refractivity (Wildman–Crippen MR) is 70.3 cm³/mol. The zero-order valence-electron chi connectivity index (χ0n) is 9.66. The van der Waals surface area contributed by atoms with Crippen LogP contribution >= 0.6 is 12.2 Å². The lowest BCUT2D eigenvalue weighted by molar-refractivity contribution is 0.412. The van der Waals surface area contributed by atoms with Gasteiger partial charge in [-0.1, -0.05) is 19.3 Å². The average Bonchev–Trinajstić information content (AvgIpc) is 2.17. The molecule has 0 aromatic rings. The van der Waals surface area contributed by atoms with Crippen LogP contribution in [0.3, 0.4) is 0 Å². The third-order valence-electron chi connectivity index (χ3n) is 2.70. The van der Waals surface area contributed by atoms with Gasteiger partial charge in [0.25, 0.3) is 0 Å². The molecule has 0 radical (unpaired) electrons. The molecular formula is C10H20N2O2S2. The second-order valence-corrected chi connectivity index (χ2v) is 7.03. The smallest absolute Gasteiger partial charge is 0.166 e. The highest BCUT2D eigenvalue weighted by molar-refractivity contribution is 7.90. The Morgan fingerprint density at radius 3 is 2.50 bits per heavy atom. The van der Waals surface area contributed by atoms with Crippen LogP contribution in [0.2, 0.25) is 0 Å². The topological polar surface area (TPSA) is 58.2 Å². The monoisotopic (exact) mass is 264 g/mol. The highest BCUT2D eigenvalue weighted by Gasteiger charge is 2.13. The molecule has 2 N–H and O–H groups in total. The Kier molecular flexibility index (Phi) is 5.48. The van der Waals surface area contributed by atoms with Crippen molar-refractivity contribution in [3.8, 4) is 0 Å². The van der Waals surface area contributed by atoms with Gasteiger partial charge in [0.05, 0.1) is 5.75 Å². The third kappa shape index (κ3) is 6.27. The van der Waals surface area contributed by atoms with Crippen LogP contribution in [-0.4, -0.2) is 38.1 Å². The highest BCUT2D eigenvalue weighted by atomic mass is 32.2. The van der Waals surface area contributed by atoms with Gasteiger partial charge in [0, 0.05) is 18.8 Å². The minimum atomic E-state index is -2.90. The summed E-state index contributed by atoms with van der Waals surface area (Å²) in [5.74, 6) is 0.124. The Labute approximate surface area is 103 Å². The van der Waals surface area contributed by atoms with Gasteiger partial charge in [-0.05, 0) is 25.1 Å². The molecule has 1 fully saturated rings. The summed E-state index contributed by atoms with van der Waals surface area (Å²) in [5, 5.41) is 6.74.